The fourth-order valence-electron chi connectivity index (χ4n) is 2.57. The minimum absolute atomic E-state index is 0.639. The van der Waals surface area contributed by atoms with Crippen molar-refractivity contribution >= 4 is 0 Å². The zero-order valence-electron chi connectivity index (χ0n) is 11.9. The van der Waals surface area contributed by atoms with Crippen molar-refractivity contribution < 1.29 is 5.11 Å². The average molecular weight is 275 g/mol. The van der Waals surface area contributed by atoms with Gasteiger partial charge in [-0.25, -0.2) is 0 Å². The van der Waals surface area contributed by atoms with Crippen molar-refractivity contribution in [3.8, 4) is 0 Å². The van der Waals surface area contributed by atoms with Crippen molar-refractivity contribution in [3.63, 3.8) is 0 Å². The number of hydrogen-bond donors (Lipinski definition) is 1. The van der Waals surface area contributed by atoms with Crippen LogP contribution in [-0.2, 0) is 5.60 Å². The molecular formula is C19H17NO. The molecule has 0 atom stereocenters. The van der Waals surface area contributed by atoms with Gasteiger partial charge in [0.25, 0.3) is 0 Å². The first-order valence-corrected chi connectivity index (χ1v) is 6.99. The van der Waals surface area contributed by atoms with Crippen LogP contribution >= 0.6 is 0 Å². The smallest absolute Gasteiger partial charge is 0.157 e. The van der Waals surface area contributed by atoms with Gasteiger partial charge < -0.3 is 5.11 Å². The number of pyridine rings is 1. The fraction of sp³-hybridized carbons (Fsp3) is 0.105. The Hall–Kier alpha value is -2.45. The number of hydrogen-bond acceptors (Lipinski definition) is 2. The van der Waals surface area contributed by atoms with Crippen molar-refractivity contribution in [1.29, 1.82) is 0 Å². The van der Waals surface area contributed by atoms with Crippen LogP contribution in [0, 0.1) is 6.92 Å². The van der Waals surface area contributed by atoms with E-state index in [2.05, 4.69) is 4.98 Å². The van der Waals surface area contributed by atoms with E-state index in [1.165, 1.54) is 0 Å². The van der Waals surface area contributed by atoms with Gasteiger partial charge in [0.15, 0.2) is 5.60 Å². The van der Waals surface area contributed by atoms with Gasteiger partial charge in [0.05, 0.1) is 5.69 Å². The third-order valence-corrected chi connectivity index (χ3v) is 3.64. The van der Waals surface area contributed by atoms with Crippen molar-refractivity contribution in [2.45, 2.75) is 12.5 Å². The van der Waals surface area contributed by atoms with E-state index < -0.39 is 5.60 Å². The molecule has 2 aromatic carbocycles. The second-order valence-electron chi connectivity index (χ2n) is 5.11. The quantitative estimate of drug-likeness (QED) is 0.791. The van der Waals surface area contributed by atoms with Crippen molar-refractivity contribution in [2.24, 2.45) is 0 Å². The minimum atomic E-state index is -1.24. The van der Waals surface area contributed by atoms with Crippen LogP contribution in [0.5, 0.6) is 0 Å². The zero-order chi connectivity index (χ0) is 14.7. The molecule has 1 heterocycles. The van der Waals surface area contributed by atoms with E-state index in [1.54, 1.807) is 0 Å². The molecule has 104 valence electrons. The molecule has 2 nitrogen and oxygen atoms in total. The standard InChI is InChI=1S/C19H17NO/c1-15-9-8-14-18(20-15)19(21,16-10-4-2-5-11-16)17-12-6-3-7-13-17/h2-14,21H,1H3. The summed E-state index contributed by atoms with van der Waals surface area (Å²) in [6.07, 6.45) is 0. The molecule has 0 spiro atoms. The molecule has 1 N–H and O–H groups in total. The fourth-order valence-corrected chi connectivity index (χ4v) is 2.57. The highest BCUT2D eigenvalue weighted by Gasteiger charge is 2.34. The Bertz CT molecular complexity index is 683. The summed E-state index contributed by atoms with van der Waals surface area (Å²) in [5.74, 6) is 0. The van der Waals surface area contributed by atoms with E-state index in [4.69, 9.17) is 0 Å². The van der Waals surface area contributed by atoms with Gasteiger partial charge in [-0.1, -0.05) is 66.7 Å². The molecule has 0 aliphatic rings. The topological polar surface area (TPSA) is 33.1 Å². The second kappa shape index (κ2) is 5.51. The Morgan fingerprint density at radius 3 is 1.71 bits per heavy atom. The first-order chi connectivity index (χ1) is 10.2. The summed E-state index contributed by atoms with van der Waals surface area (Å²) in [7, 11) is 0. The van der Waals surface area contributed by atoms with Crippen LogP contribution in [0.4, 0.5) is 0 Å². The Morgan fingerprint density at radius 2 is 1.24 bits per heavy atom. The average Bonchev–Trinajstić information content (AvgIpc) is 2.56. The van der Waals surface area contributed by atoms with Crippen molar-refractivity contribution in [1.82, 2.24) is 4.98 Å². The SMILES string of the molecule is Cc1cccc(C(O)(c2ccccc2)c2ccccc2)n1. The van der Waals surface area contributed by atoms with Crippen LogP contribution in [0.15, 0.2) is 78.9 Å². The lowest BCUT2D eigenvalue weighted by Crippen LogP contribution is -2.30. The van der Waals surface area contributed by atoms with E-state index >= 15 is 0 Å². The Kier molecular flexibility index (Phi) is 3.55. The number of nitrogens with zero attached hydrogens (tertiary/aromatic N) is 1. The largest absolute Gasteiger partial charge is 0.374 e. The summed E-state index contributed by atoms with van der Waals surface area (Å²) in [6.45, 7) is 1.93. The maximum absolute atomic E-state index is 11.5. The molecule has 3 aromatic rings. The summed E-state index contributed by atoms with van der Waals surface area (Å²) in [5, 5.41) is 11.5. The molecule has 21 heavy (non-hydrogen) atoms. The molecule has 0 bridgehead atoms. The summed E-state index contributed by atoms with van der Waals surface area (Å²) < 4.78 is 0. The first-order valence-electron chi connectivity index (χ1n) is 6.99. The lowest BCUT2D eigenvalue weighted by molar-refractivity contribution is 0.120. The van der Waals surface area contributed by atoms with E-state index in [1.807, 2.05) is 85.8 Å². The van der Waals surface area contributed by atoms with E-state index in [-0.39, 0.29) is 0 Å². The number of aromatic nitrogens is 1. The van der Waals surface area contributed by atoms with Gasteiger partial charge in [-0.2, -0.15) is 0 Å². The maximum atomic E-state index is 11.5. The van der Waals surface area contributed by atoms with Crippen molar-refractivity contribution in [3.05, 3.63) is 101 Å². The first kappa shape index (κ1) is 13.5. The summed E-state index contributed by atoms with van der Waals surface area (Å²) in [6, 6.07) is 25.0. The van der Waals surface area contributed by atoms with Crippen LogP contribution < -0.4 is 0 Å². The van der Waals surface area contributed by atoms with E-state index in [9.17, 15) is 5.11 Å². The van der Waals surface area contributed by atoms with Gasteiger partial charge in [-0.15, -0.1) is 0 Å². The molecule has 0 unspecified atom stereocenters. The Labute approximate surface area is 124 Å². The maximum Gasteiger partial charge on any atom is 0.157 e. The van der Waals surface area contributed by atoms with Crippen LogP contribution in [0.25, 0.3) is 0 Å². The molecule has 0 saturated carbocycles. The van der Waals surface area contributed by atoms with E-state index in [0.717, 1.165) is 16.8 Å². The lowest BCUT2D eigenvalue weighted by atomic mass is 9.83. The Morgan fingerprint density at radius 1 is 0.714 bits per heavy atom. The molecule has 0 amide bonds. The van der Waals surface area contributed by atoms with Gasteiger partial charge in [0.1, 0.15) is 0 Å². The zero-order valence-corrected chi connectivity index (χ0v) is 11.9. The molecule has 0 fully saturated rings. The molecule has 2 heteroatoms. The van der Waals surface area contributed by atoms with Gasteiger partial charge >= 0.3 is 0 Å². The summed E-state index contributed by atoms with van der Waals surface area (Å²) in [5.41, 5.74) is 1.91. The highest BCUT2D eigenvalue weighted by Crippen LogP contribution is 2.35. The number of aryl methyl sites for hydroxylation is 1. The third-order valence-electron chi connectivity index (χ3n) is 3.64. The molecule has 0 aliphatic heterocycles. The van der Waals surface area contributed by atoms with Crippen LogP contribution in [0.2, 0.25) is 0 Å². The Balaban J connectivity index is 2.25. The highest BCUT2D eigenvalue weighted by molar-refractivity contribution is 5.44. The summed E-state index contributed by atoms with van der Waals surface area (Å²) in [4.78, 5) is 4.55. The number of rotatable bonds is 3. The molecule has 0 aliphatic carbocycles. The van der Waals surface area contributed by atoms with Gasteiger partial charge in [0.2, 0.25) is 0 Å². The minimum Gasteiger partial charge on any atom is -0.374 e. The van der Waals surface area contributed by atoms with Gasteiger partial charge in [-0.05, 0) is 30.2 Å². The van der Waals surface area contributed by atoms with Gasteiger partial charge in [-0.3, -0.25) is 4.98 Å². The number of aliphatic hydroxyl groups is 1. The molecule has 0 radical (unpaired) electrons. The van der Waals surface area contributed by atoms with Crippen molar-refractivity contribution in [2.75, 3.05) is 0 Å². The molecule has 3 rings (SSSR count). The number of benzene rings is 2. The predicted octanol–water partition coefficient (Wildman–Crippen LogP) is 3.67. The molecule has 1 aromatic heterocycles. The second-order valence-corrected chi connectivity index (χ2v) is 5.11. The molecule has 0 saturated heterocycles. The van der Waals surface area contributed by atoms with Crippen LogP contribution in [0.1, 0.15) is 22.5 Å². The monoisotopic (exact) mass is 275 g/mol. The van der Waals surface area contributed by atoms with Crippen LogP contribution in [-0.4, -0.2) is 10.1 Å². The predicted molar refractivity (Wildman–Crippen MR) is 84.0 cm³/mol. The normalized spacial score (nSPS) is 11.3. The highest BCUT2D eigenvalue weighted by atomic mass is 16.3. The van der Waals surface area contributed by atoms with Gasteiger partial charge in [0, 0.05) is 5.69 Å². The van der Waals surface area contributed by atoms with E-state index in [0.29, 0.717) is 5.69 Å². The molecular weight excluding hydrogens is 258 g/mol. The third kappa shape index (κ3) is 2.46. The van der Waals surface area contributed by atoms with Crippen LogP contribution in [0.3, 0.4) is 0 Å². The summed E-state index contributed by atoms with van der Waals surface area (Å²) >= 11 is 0. The lowest BCUT2D eigenvalue weighted by Gasteiger charge is -2.29.